The molecule has 0 radical (unpaired) electrons. The van der Waals surface area contributed by atoms with Gasteiger partial charge in [-0.3, -0.25) is 9.48 Å². The fraction of sp³-hybridized carbons (Fsp3) is 0.231. The molecule has 0 fully saturated rings. The number of ether oxygens (including phenoxy) is 1. The van der Waals surface area contributed by atoms with Crippen LogP contribution < -0.4 is 10.1 Å². The van der Waals surface area contributed by atoms with Crippen LogP contribution in [0.15, 0.2) is 30.5 Å². The molecule has 1 aromatic heterocycles. The zero-order valence-electron chi connectivity index (χ0n) is 10.9. The summed E-state index contributed by atoms with van der Waals surface area (Å²) in [7, 11) is 1.77. The van der Waals surface area contributed by atoms with Gasteiger partial charge in [-0.1, -0.05) is 23.2 Å². The predicted octanol–water partition coefficient (Wildman–Crippen LogP) is 3.13. The molecule has 20 heavy (non-hydrogen) atoms. The molecule has 1 N–H and O–H groups in total. The van der Waals surface area contributed by atoms with Gasteiger partial charge >= 0.3 is 0 Å². The minimum absolute atomic E-state index is 0.297. The Hall–Kier alpha value is -1.72. The Kier molecular flexibility index (Phi) is 4.52. The zero-order chi connectivity index (χ0) is 14.7. The summed E-state index contributed by atoms with van der Waals surface area (Å²) in [4.78, 5) is 11.9. The first-order valence-electron chi connectivity index (χ1n) is 5.88. The molecule has 2 aromatic rings. The van der Waals surface area contributed by atoms with Crippen LogP contribution >= 0.6 is 23.2 Å². The third-order valence-electron chi connectivity index (χ3n) is 2.54. The first kappa shape index (κ1) is 14.7. The first-order valence-corrected chi connectivity index (χ1v) is 6.63. The summed E-state index contributed by atoms with van der Waals surface area (Å²) in [5.41, 5.74) is 0. The largest absolute Gasteiger partial charge is 0.481 e. The number of halogens is 2. The average Bonchev–Trinajstić information content (AvgIpc) is 2.79. The van der Waals surface area contributed by atoms with E-state index in [0.29, 0.717) is 21.6 Å². The highest BCUT2D eigenvalue weighted by Crippen LogP contribution is 2.26. The summed E-state index contributed by atoms with van der Waals surface area (Å²) < 4.78 is 7.10. The van der Waals surface area contributed by atoms with Crippen molar-refractivity contribution in [2.45, 2.75) is 13.0 Å². The Morgan fingerprint density at radius 1 is 1.35 bits per heavy atom. The Morgan fingerprint density at radius 2 is 2.10 bits per heavy atom. The maximum absolute atomic E-state index is 11.9. The lowest BCUT2D eigenvalue weighted by atomic mass is 10.3. The molecule has 0 aliphatic heterocycles. The Morgan fingerprint density at radius 3 is 2.70 bits per heavy atom. The highest BCUT2D eigenvalue weighted by atomic mass is 35.5. The Labute approximate surface area is 126 Å². The number of nitrogens with one attached hydrogen (secondary N) is 1. The molecule has 7 heteroatoms. The van der Waals surface area contributed by atoms with Gasteiger partial charge in [-0.05, 0) is 19.1 Å². The van der Waals surface area contributed by atoms with E-state index in [1.165, 1.54) is 0 Å². The van der Waals surface area contributed by atoms with E-state index in [1.54, 1.807) is 49.1 Å². The second kappa shape index (κ2) is 6.15. The van der Waals surface area contributed by atoms with E-state index in [9.17, 15) is 4.79 Å². The van der Waals surface area contributed by atoms with E-state index in [0.717, 1.165) is 0 Å². The molecule has 0 bridgehead atoms. The van der Waals surface area contributed by atoms with Gasteiger partial charge < -0.3 is 10.1 Å². The van der Waals surface area contributed by atoms with Crippen molar-refractivity contribution >= 4 is 34.9 Å². The SMILES string of the molecule is CC(Oc1ccc(Cl)c(Cl)c1)C(=O)Nc1ccn(C)n1. The van der Waals surface area contributed by atoms with E-state index in [4.69, 9.17) is 27.9 Å². The summed E-state index contributed by atoms with van der Waals surface area (Å²) in [6, 6.07) is 6.53. The summed E-state index contributed by atoms with van der Waals surface area (Å²) in [6.07, 6.45) is 1.05. The van der Waals surface area contributed by atoms with Crippen LogP contribution in [0.1, 0.15) is 6.92 Å². The molecule has 1 heterocycles. The number of benzene rings is 1. The summed E-state index contributed by atoms with van der Waals surface area (Å²) in [6.45, 7) is 1.64. The lowest BCUT2D eigenvalue weighted by Crippen LogP contribution is -2.30. The number of aromatic nitrogens is 2. The van der Waals surface area contributed by atoms with Crippen LogP contribution in [0.5, 0.6) is 5.75 Å². The molecular formula is C13H13Cl2N3O2. The molecule has 1 aromatic carbocycles. The smallest absolute Gasteiger partial charge is 0.266 e. The molecule has 5 nitrogen and oxygen atoms in total. The van der Waals surface area contributed by atoms with Crippen molar-refractivity contribution in [2.24, 2.45) is 7.05 Å². The predicted molar refractivity (Wildman–Crippen MR) is 78.4 cm³/mol. The third kappa shape index (κ3) is 3.65. The van der Waals surface area contributed by atoms with Crippen molar-refractivity contribution in [1.29, 1.82) is 0 Å². The number of hydrogen-bond acceptors (Lipinski definition) is 3. The minimum atomic E-state index is -0.686. The summed E-state index contributed by atoms with van der Waals surface area (Å²) in [5.74, 6) is 0.653. The van der Waals surface area contributed by atoms with Gasteiger partial charge in [0.2, 0.25) is 0 Å². The number of nitrogens with zero attached hydrogens (tertiary/aromatic N) is 2. The van der Waals surface area contributed by atoms with Crippen LogP contribution in [0.4, 0.5) is 5.82 Å². The molecule has 0 saturated carbocycles. The molecule has 0 spiro atoms. The van der Waals surface area contributed by atoms with Crippen molar-refractivity contribution in [2.75, 3.05) is 5.32 Å². The maximum Gasteiger partial charge on any atom is 0.266 e. The highest BCUT2D eigenvalue weighted by Gasteiger charge is 2.16. The number of rotatable bonds is 4. The van der Waals surface area contributed by atoms with E-state index < -0.39 is 6.10 Å². The molecule has 1 atom stereocenters. The van der Waals surface area contributed by atoms with Crippen LogP contribution in [0.25, 0.3) is 0 Å². The van der Waals surface area contributed by atoms with Gasteiger partial charge in [0.15, 0.2) is 11.9 Å². The second-order valence-electron chi connectivity index (χ2n) is 4.20. The third-order valence-corrected chi connectivity index (χ3v) is 3.28. The average molecular weight is 314 g/mol. The Balaban J connectivity index is 1.98. The Bertz CT molecular complexity index is 628. The maximum atomic E-state index is 11.9. The van der Waals surface area contributed by atoms with Gasteiger partial charge in [-0.25, -0.2) is 0 Å². The number of hydrogen-bond donors (Lipinski definition) is 1. The van der Waals surface area contributed by atoms with Gasteiger partial charge in [0.25, 0.3) is 5.91 Å². The normalized spacial score (nSPS) is 12.0. The number of aryl methyl sites for hydroxylation is 1. The molecule has 2 rings (SSSR count). The zero-order valence-corrected chi connectivity index (χ0v) is 12.4. The minimum Gasteiger partial charge on any atom is -0.481 e. The first-order chi connectivity index (χ1) is 9.45. The van der Waals surface area contributed by atoms with Crippen LogP contribution in [-0.4, -0.2) is 21.8 Å². The molecular weight excluding hydrogens is 301 g/mol. The molecule has 0 saturated heterocycles. The van der Waals surface area contributed by atoms with Crippen LogP contribution in [-0.2, 0) is 11.8 Å². The monoisotopic (exact) mass is 313 g/mol. The molecule has 106 valence electrons. The van der Waals surface area contributed by atoms with Crippen molar-refractivity contribution < 1.29 is 9.53 Å². The van der Waals surface area contributed by atoms with Crippen molar-refractivity contribution in [3.8, 4) is 5.75 Å². The second-order valence-corrected chi connectivity index (χ2v) is 5.01. The van der Waals surface area contributed by atoms with Gasteiger partial charge in [-0.15, -0.1) is 0 Å². The van der Waals surface area contributed by atoms with Crippen molar-refractivity contribution in [1.82, 2.24) is 9.78 Å². The lowest BCUT2D eigenvalue weighted by Gasteiger charge is -2.14. The van der Waals surface area contributed by atoms with E-state index >= 15 is 0 Å². The van der Waals surface area contributed by atoms with Crippen LogP contribution in [0, 0.1) is 0 Å². The van der Waals surface area contributed by atoms with Gasteiger partial charge in [0.05, 0.1) is 10.0 Å². The number of amides is 1. The topological polar surface area (TPSA) is 56.1 Å². The molecule has 0 aliphatic carbocycles. The standard InChI is InChI=1S/C13H13Cl2N3O2/c1-8(13(19)16-12-5-6-18(2)17-12)20-9-3-4-10(14)11(15)7-9/h3-8H,1-2H3,(H,16,17,19). The van der Waals surface area contributed by atoms with Crippen LogP contribution in [0.2, 0.25) is 10.0 Å². The lowest BCUT2D eigenvalue weighted by molar-refractivity contribution is -0.122. The van der Waals surface area contributed by atoms with E-state index in [2.05, 4.69) is 10.4 Å². The van der Waals surface area contributed by atoms with E-state index in [-0.39, 0.29) is 5.91 Å². The molecule has 1 amide bonds. The van der Waals surface area contributed by atoms with Crippen molar-refractivity contribution in [3.05, 3.63) is 40.5 Å². The molecule has 1 unspecified atom stereocenters. The molecule has 0 aliphatic rings. The van der Waals surface area contributed by atoms with Crippen molar-refractivity contribution in [3.63, 3.8) is 0 Å². The fourth-order valence-electron chi connectivity index (χ4n) is 1.52. The van der Waals surface area contributed by atoms with Gasteiger partial charge in [0.1, 0.15) is 5.75 Å². The summed E-state index contributed by atoms with van der Waals surface area (Å²) in [5, 5.41) is 7.52. The highest BCUT2D eigenvalue weighted by molar-refractivity contribution is 6.42. The van der Waals surface area contributed by atoms with E-state index in [1.807, 2.05) is 0 Å². The van der Waals surface area contributed by atoms with Crippen LogP contribution in [0.3, 0.4) is 0 Å². The number of carbonyl (C=O) groups excluding carboxylic acids is 1. The van der Waals surface area contributed by atoms with Gasteiger partial charge in [0, 0.05) is 25.4 Å². The summed E-state index contributed by atoms with van der Waals surface area (Å²) >= 11 is 11.7. The fourth-order valence-corrected chi connectivity index (χ4v) is 1.81. The van der Waals surface area contributed by atoms with Gasteiger partial charge in [-0.2, -0.15) is 5.10 Å². The number of anilines is 1. The number of carbonyl (C=O) groups is 1. The quantitative estimate of drug-likeness (QED) is 0.943.